The minimum atomic E-state index is -0.344. The van der Waals surface area contributed by atoms with Crippen molar-refractivity contribution in [1.82, 2.24) is 14.8 Å². The molecule has 30 heavy (non-hydrogen) atoms. The summed E-state index contributed by atoms with van der Waals surface area (Å²) in [6, 6.07) is 10.9. The van der Waals surface area contributed by atoms with Crippen molar-refractivity contribution in [1.29, 1.82) is 0 Å². The molecule has 0 bridgehead atoms. The summed E-state index contributed by atoms with van der Waals surface area (Å²) in [5.74, 6) is 1.10. The van der Waals surface area contributed by atoms with Crippen LogP contribution in [0, 0.1) is 0 Å². The van der Waals surface area contributed by atoms with Gasteiger partial charge in [-0.3, -0.25) is 4.79 Å². The standard InChI is InChI=1S/C23H22ClN3O3/c1-4-29-20-11-16(10-17-12-23(2,3)30-22(17)20)21(28)19(27-14-25-13-26-27)9-15-5-7-18(24)8-6-15/h5-11,13-14H,4,12H2,1-3H3. The average molecular weight is 424 g/mol. The normalized spacial score (nSPS) is 14.9. The van der Waals surface area contributed by atoms with Gasteiger partial charge < -0.3 is 9.47 Å². The maximum Gasteiger partial charge on any atom is 0.211 e. The number of fused-ring (bicyclic) bond motifs is 1. The third kappa shape index (κ3) is 4.09. The highest BCUT2D eigenvalue weighted by Crippen LogP contribution is 2.43. The first-order valence-electron chi connectivity index (χ1n) is 9.72. The van der Waals surface area contributed by atoms with Gasteiger partial charge in [-0.25, -0.2) is 9.67 Å². The molecule has 1 aliphatic heterocycles. The molecule has 1 aliphatic rings. The lowest BCUT2D eigenvalue weighted by Crippen LogP contribution is -2.24. The van der Waals surface area contributed by atoms with Crippen molar-refractivity contribution in [2.45, 2.75) is 32.8 Å². The number of Topliss-reactive ketones (excluding diaryl/α,β-unsaturated/α-hetero) is 1. The zero-order valence-corrected chi connectivity index (χ0v) is 17.8. The number of hydrogen-bond acceptors (Lipinski definition) is 5. The molecule has 0 aliphatic carbocycles. The molecule has 0 unspecified atom stereocenters. The van der Waals surface area contributed by atoms with Crippen LogP contribution in [-0.2, 0) is 6.42 Å². The molecule has 2 aromatic carbocycles. The van der Waals surface area contributed by atoms with Gasteiger partial charge in [-0.05, 0) is 56.7 Å². The molecule has 0 spiro atoms. The van der Waals surface area contributed by atoms with Crippen LogP contribution >= 0.6 is 11.6 Å². The number of benzene rings is 2. The molecule has 7 heteroatoms. The smallest absolute Gasteiger partial charge is 0.211 e. The Morgan fingerprint density at radius 1 is 1.30 bits per heavy atom. The summed E-state index contributed by atoms with van der Waals surface area (Å²) >= 11 is 5.99. The Balaban J connectivity index is 1.79. The van der Waals surface area contributed by atoms with Gasteiger partial charge in [0.05, 0.1) is 6.61 Å². The third-order valence-corrected chi connectivity index (χ3v) is 5.01. The minimum Gasteiger partial charge on any atom is -0.490 e. The first kappa shape index (κ1) is 20.2. The number of hydrogen-bond donors (Lipinski definition) is 0. The van der Waals surface area contributed by atoms with Crippen LogP contribution < -0.4 is 9.47 Å². The van der Waals surface area contributed by atoms with Crippen LogP contribution in [0.1, 0.15) is 42.3 Å². The van der Waals surface area contributed by atoms with Crippen molar-refractivity contribution in [2.75, 3.05) is 6.61 Å². The van der Waals surface area contributed by atoms with Crippen LogP contribution in [0.2, 0.25) is 5.02 Å². The molecule has 0 amide bonds. The van der Waals surface area contributed by atoms with E-state index in [2.05, 4.69) is 10.1 Å². The lowest BCUT2D eigenvalue weighted by atomic mass is 9.97. The number of carbonyl (C=O) groups excluding carboxylic acids is 1. The van der Waals surface area contributed by atoms with E-state index in [0.29, 0.717) is 40.8 Å². The first-order chi connectivity index (χ1) is 14.4. The Labute approximate surface area is 180 Å². The van der Waals surface area contributed by atoms with E-state index in [1.807, 2.05) is 39.0 Å². The van der Waals surface area contributed by atoms with Crippen molar-refractivity contribution in [3.63, 3.8) is 0 Å². The molecule has 6 nitrogen and oxygen atoms in total. The van der Waals surface area contributed by atoms with Crippen LogP contribution in [0.25, 0.3) is 11.8 Å². The van der Waals surface area contributed by atoms with E-state index in [4.69, 9.17) is 21.1 Å². The Morgan fingerprint density at radius 3 is 2.73 bits per heavy atom. The summed E-state index contributed by atoms with van der Waals surface area (Å²) in [4.78, 5) is 17.5. The minimum absolute atomic E-state index is 0.191. The SMILES string of the molecule is CCOc1cc(C(=O)C(=Cc2ccc(Cl)cc2)n2cncn2)cc2c1OC(C)(C)C2. The van der Waals surface area contributed by atoms with E-state index in [9.17, 15) is 4.79 Å². The van der Waals surface area contributed by atoms with Gasteiger partial charge >= 0.3 is 0 Å². The van der Waals surface area contributed by atoms with E-state index in [-0.39, 0.29) is 11.4 Å². The number of nitrogens with zero attached hydrogens (tertiary/aromatic N) is 3. The molecule has 2 heterocycles. The summed E-state index contributed by atoms with van der Waals surface area (Å²) in [5, 5.41) is 4.79. The Morgan fingerprint density at radius 2 is 2.07 bits per heavy atom. The van der Waals surface area contributed by atoms with Gasteiger partial charge in [0.2, 0.25) is 5.78 Å². The lowest BCUT2D eigenvalue weighted by Gasteiger charge is -2.18. The van der Waals surface area contributed by atoms with E-state index < -0.39 is 0 Å². The van der Waals surface area contributed by atoms with Crippen molar-refractivity contribution in [3.05, 3.63) is 70.8 Å². The van der Waals surface area contributed by atoms with Gasteiger partial charge in [0.25, 0.3) is 0 Å². The monoisotopic (exact) mass is 423 g/mol. The second kappa shape index (κ2) is 7.95. The van der Waals surface area contributed by atoms with Crippen LogP contribution in [-0.4, -0.2) is 32.8 Å². The molecule has 154 valence electrons. The highest BCUT2D eigenvalue weighted by molar-refractivity contribution is 6.30. The third-order valence-electron chi connectivity index (χ3n) is 4.76. The predicted molar refractivity (Wildman–Crippen MR) is 116 cm³/mol. The number of halogens is 1. The molecule has 4 rings (SSSR count). The predicted octanol–water partition coefficient (Wildman–Crippen LogP) is 4.92. The van der Waals surface area contributed by atoms with Gasteiger partial charge in [0, 0.05) is 22.6 Å². The van der Waals surface area contributed by atoms with Gasteiger partial charge in [-0.2, -0.15) is 5.10 Å². The Bertz CT molecular complexity index is 1100. The largest absolute Gasteiger partial charge is 0.490 e. The highest BCUT2D eigenvalue weighted by Gasteiger charge is 2.34. The van der Waals surface area contributed by atoms with Crippen molar-refractivity contribution < 1.29 is 14.3 Å². The molecular formula is C23H22ClN3O3. The van der Waals surface area contributed by atoms with E-state index in [0.717, 1.165) is 11.1 Å². The molecule has 1 aromatic heterocycles. The molecule has 0 N–H and O–H groups in total. The van der Waals surface area contributed by atoms with Gasteiger partial charge in [0.1, 0.15) is 24.0 Å². The number of carbonyl (C=O) groups is 1. The first-order valence-corrected chi connectivity index (χ1v) is 10.1. The second-order valence-electron chi connectivity index (χ2n) is 7.68. The van der Waals surface area contributed by atoms with Gasteiger partial charge in [-0.15, -0.1) is 0 Å². The summed E-state index contributed by atoms with van der Waals surface area (Å²) in [5.41, 5.74) is 2.32. The Hall–Kier alpha value is -3.12. The fraction of sp³-hybridized carbons (Fsp3) is 0.261. The summed E-state index contributed by atoms with van der Waals surface area (Å²) in [6.07, 6.45) is 5.36. The number of ketones is 1. The van der Waals surface area contributed by atoms with E-state index in [1.165, 1.54) is 17.3 Å². The van der Waals surface area contributed by atoms with E-state index >= 15 is 0 Å². The van der Waals surface area contributed by atoms with Crippen molar-refractivity contribution >= 4 is 29.2 Å². The van der Waals surface area contributed by atoms with Crippen LogP contribution in [0.5, 0.6) is 11.5 Å². The molecule has 0 radical (unpaired) electrons. The number of ether oxygens (including phenoxy) is 2. The van der Waals surface area contributed by atoms with Crippen molar-refractivity contribution in [2.24, 2.45) is 0 Å². The highest BCUT2D eigenvalue weighted by atomic mass is 35.5. The average Bonchev–Trinajstić information content (AvgIpc) is 3.34. The van der Waals surface area contributed by atoms with Gasteiger partial charge in [-0.1, -0.05) is 23.7 Å². The fourth-order valence-corrected chi connectivity index (χ4v) is 3.63. The maximum absolute atomic E-state index is 13.6. The zero-order chi connectivity index (χ0) is 21.3. The fourth-order valence-electron chi connectivity index (χ4n) is 3.51. The molecule has 0 saturated heterocycles. The summed E-state index contributed by atoms with van der Waals surface area (Å²) in [6.45, 7) is 6.42. The van der Waals surface area contributed by atoms with E-state index in [1.54, 1.807) is 24.3 Å². The molecule has 0 fully saturated rings. The summed E-state index contributed by atoms with van der Waals surface area (Å²) < 4.78 is 13.3. The molecule has 3 aromatic rings. The summed E-state index contributed by atoms with van der Waals surface area (Å²) in [7, 11) is 0. The Kier molecular flexibility index (Phi) is 5.35. The van der Waals surface area contributed by atoms with Crippen LogP contribution in [0.3, 0.4) is 0 Å². The lowest BCUT2D eigenvalue weighted by molar-refractivity contribution is 0.105. The molecule has 0 atom stereocenters. The number of aromatic nitrogens is 3. The topological polar surface area (TPSA) is 66.2 Å². The number of rotatable bonds is 6. The zero-order valence-electron chi connectivity index (χ0n) is 17.1. The van der Waals surface area contributed by atoms with Crippen LogP contribution in [0.15, 0.2) is 49.1 Å². The molecular weight excluding hydrogens is 402 g/mol. The maximum atomic E-state index is 13.6. The number of allylic oxidation sites excluding steroid dienone is 1. The van der Waals surface area contributed by atoms with Crippen molar-refractivity contribution in [3.8, 4) is 11.5 Å². The van der Waals surface area contributed by atoms with Gasteiger partial charge in [0.15, 0.2) is 11.5 Å². The second-order valence-corrected chi connectivity index (χ2v) is 8.12. The quantitative estimate of drug-likeness (QED) is 0.415. The van der Waals surface area contributed by atoms with Crippen LogP contribution in [0.4, 0.5) is 0 Å². The molecule has 0 saturated carbocycles.